The summed E-state index contributed by atoms with van der Waals surface area (Å²) < 4.78 is 1.04. The van der Waals surface area contributed by atoms with Crippen molar-refractivity contribution in [1.29, 1.82) is 0 Å². The van der Waals surface area contributed by atoms with E-state index >= 15 is 0 Å². The Bertz CT molecular complexity index is 41.7. The van der Waals surface area contributed by atoms with Crippen molar-refractivity contribution < 1.29 is 0 Å². The van der Waals surface area contributed by atoms with E-state index in [9.17, 15) is 0 Å². The van der Waals surface area contributed by atoms with Crippen LogP contribution in [0.5, 0.6) is 0 Å². The molecule has 0 spiro atoms. The normalized spacial score (nSPS) is 13.8. The van der Waals surface area contributed by atoms with E-state index in [1.165, 1.54) is 42.0 Å². The number of hydrogen-bond donors (Lipinski definition) is 0. The van der Waals surface area contributed by atoms with Crippen molar-refractivity contribution in [2.45, 2.75) is 44.3 Å². The van der Waals surface area contributed by atoms with Crippen molar-refractivity contribution in [2.24, 2.45) is 0 Å². The van der Waals surface area contributed by atoms with Crippen LogP contribution in [-0.2, 0) is 0 Å². The molecule has 0 aliphatic carbocycles. The molecule has 0 bridgehead atoms. The van der Waals surface area contributed by atoms with E-state index in [0.29, 0.717) is 0 Å². The second-order valence-electron chi connectivity index (χ2n) is 2.89. The molecule has 0 aromatic rings. The third-order valence-electron chi connectivity index (χ3n) is 1.39. The molecule has 0 aromatic heterocycles. The molecule has 0 aromatic carbocycles. The summed E-state index contributed by atoms with van der Waals surface area (Å²) in [6.45, 7) is 4.61. The van der Waals surface area contributed by atoms with Crippen LogP contribution in [-0.4, -0.2) is 16.3 Å². The molecule has 0 heterocycles. The SMILES string of the molecule is CCCCC[CH](C)[AlH2]. The van der Waals surface area contributed by atoms with Crippen molar-refractivity contribution >= 4 is 16.3 Å². The van der Waals surface area contributed by atoms with Gasteiger partial charge in [0.05, 0.1) is 0 Å². The highest BCUT2D eigenvalue weighted by Crippen LogP contribution is 2.09. The Morgan fingerprint density at radius 2 is 2.00 bits per heavy atom. The second kappa shape index (κ2) is 5.67. The first kappa shape index (κ1) is 8.53. The van der Waals surface area contributed by atoms with Crippen LogP contribution >= 0.6 is 0 Å². The Morgan fingerprint density at radius 1 is 1.38 bits per heavy atom. The van der Waals surface area contributed by atoms with Crippen molar-refractivity contribution in [2.75, 3.05) is 0 Å². The third kappa shape index (κ3) is 6.53. The summed E-state index contributed by atoms with van der Waals surface area (Å²) in [4.78, 5) is 0. The van der Waals surface area contributed by atoms with Crippen LogP contribution in [0.15, 0.2) is 0 Å². The zero-order valence-corrected chi connectivity index (χ0v) is 8.41. The lowest BCUT2D eigenvalue weighted by atomic mass is 10.2. The van der Waals surface area contributed by atoms with Crippen LogP contribution in [0.4, 0.5) is 0 Å². The highest BCUT2D eigenvalue weighted by Gasteiger charge is 1.91. The Kier molecular flexibility index (Phi) is 6.04. The number of rotatable bonds is 4. The van der Waals surface area contributed by atoms with Crippen LogP contribution in [0.25, 0.3) is 0 Å². The van der Waals surface area contributed by atoms with Gasteiger partial charge in [0.2, 0.25) is 16.3 Å². The fourth-order valence-corrected chi connectivity index (χ4v) is 1.21. The molecule has 0 aliphatic heterocycles. The van der Waals surface area contributed by atoms with Crippen LogP contribution in [0.2, 0.25) is 4.78 Å². The molecule has 0 saturated heterocycles. The lowest BCUT2D eigenvalue weighted by molar-refractivity contribution is 0.655. The van der Waals surface area contributed by atoms with Crippen LogP contribution < -0.4 is 0 Å². The predicted octanol–water partition coefficient (Wildman–Crippen LogP) is 2.01. The van der Waals surface area contributed by atoms with Crippen LogP contribution in [0.1, 0.15) is 39.5 Å². The van der Waals surface area contributed by atoms with Gasteiger partial charge in [-0.2, -0.15) is 0 Å². The maximum Gasteiger partial charge on any atom is 0.215 e. The van der Waals surface area contributed by atoms with Gasteiger partial charge in [-0.15, -0.1) is 0 Å². The first-order valence-corrected chi connectivity index (χ1v) is 4.92. The predicted molar refractivity (Wildman–Crippen MR) is 42.1 cm³/mol. The van der Waals surface area contributed by atoms with E-state index in [2.05, 4.69) is 13.8 Å². The highest BCUT2D eigenvalue weighted by molar-refractivity contribution is 6.11. The molecule has 0 radical (unpaired) electrons. The Morgan fingerprint density at radius 3 is 2.38 bits per heavy atom. The standard InChI is InChI=1S/C7H15.Al.2H/c1-3-5-7-6-4-2;;;/h3H,4-7H2,1-2H3;;;. The smallest absolute Gasteiger partial charge is 0.0928 e. The first-order valence-electron chi connectivity index (χ1n) is 3.77. The molecule has 0 aliphatic rings. The number of unbranched alkanes of at least 4 members (excludes halogenated alkanes) is 2. The van der Waals surface area contributed by atoms with Gasteiger partial charge in [0.15, 0.2) is 0 Å². The summed E-state index contributed by atoms with van der Waals surface area (Å²) in [5.74, 6) is 0. The first-order chi connectivity index (χ1) is 3.77. The minimum atomic E-state index is 1.04. The van der Waals surface area contributed by atoms with Crippen molar-refractivity contribution in [3.8, 4) is 0 Å². The summed E-state index contributed by atoms with van der Waals surface area (Å²) in [7, 11) is 0. The maximum atomic E-state index is 2.35. The van der Waals surface area contributed by atoms with Gasteiger partial charge in [0.25, 0.3) is 0 Å². The van der Waals surface area contributed by atoms with Crippen molar-refractivity contribution in [3.63, 3.8) is 0 Å². The van der Waals surface area contributed by atoms with Gasteiger partial charge >= 0.3 is 0 Å². The molecule has 0 rings (SSSR count). The van der Waals surface area contributed by atoms with E-state index in [1.54, 1.807) is 0 Å². The van der Waals surface area contributed by atoms with E-state index in [-0.39, 0.29) is 0 Å². The average Bonchev–Trinajstić information content (AvgIpc) is 1.66. The molecule has 1 unspecified atom stereocenters. The van der Waals surface area contributed by atoms with Crippen molar-refractivity contribution in [1.82, 2.24) is 0 Å². The van der Waals surface area contributed by atoms with E-state index < -0.39 is 0 Å². The molecule has 8 heavy (non-hydrogen) atoms. The molecule has 48 valence electrons. The average molecular weight is 128 g/mol. The quantitative estimate of drug-likeness (QED) is 0.401. The van der Waals surface area contributed by atoms with E-state index in [0.717, 1.165) is 4.78 Å². The molecule has 1 atom stereocenters. The molecule has 0 saturated carbocycles. The molecule has 0 N–H and O–H groups in total. The summed E-state index contributed by atoms with van der Waals surface area (Å²) in [5, 5.41) is 0. The maximum absolute atomic E-state index is 2.35. The Labute approximate surface area is 61.1 Å². The van der Waals surface area contributed by atoms with Crippen LogP contribution in [0, 0.1) is 0 Å². The molecule has 1 heteroatoms. The van der Waals surface area contributed by atoms with E-state index in [1.807, 2.05) is 0 Å². The second-order valence-corrected chi connectivity index (χ2v) is 4.86. The fraction of sp³-hybridized carbons (Fsp3) is 1.00. The lowest BCUT2D eigenvalue weighted by Gasteiger charge is -2.00. The van der Waals surface area contributed by atoms with Crippen LogP contribution in [0.3, 0.4) is 0 Å². The Hall–Kier alpha value is 0.532. The largest absolute Gasteiger partial charge is 0.215 e. The van der Waals surface area contributed by atoms with Gasteiger partial charge in [0, 0.05) is 0 Å². The van der Waals surface area contributed by atoms with E-state index in [4.69, 9.17) is 0 Å². The highest BCUT2D eigenvalue weighted by atomic mass is 27.0. The molecule has 0 fully saturated rings. The molecular weight excluding hydrogens is 111 g/mol. The third-order valence-corrected chi connectivity index (χ3v) is 1.96. The summed E-state index contributed by atoms with van der Waals surface area (Å²) in [6, 6.07) is 0. The van der Waals surface area contributed by atoms with Gasteiger partial charge in [-0.3, -0.25) is 0 Å². The topological polar surface area (TPSA) is 0 Å². The molecule has 0 nitrogen and oxygen atoms in total. The van der Waals surface area contributed by atoms with Gasteiger partial charge < -0.3 is 0 Å². The Balaban J connectivity index is 2.72. The summed E-state index contributed by atoms with van der Waals surface area (Å²) >= 11 is 1.39. The van der Waals surface area contributed by atoms with Gasteiger partial charge in [0.1, 0.15) is 0 Å². The summed E-state index contributed by atoms with van der Waals surface area (Å²) in [6.07, 6.45) is 5.74. The zero-order valence-electron chi connectivity index (χ0n) is 6.41. The van der Waals surface area contributed by atoms with Gasteiger partial charge in [-0.25, -0.2) is 0 Å². The monoisotopic (exact) mass is 128 g/mol. The van der Waals surface area contributed by atoms with Gasteiger partial charge in [-0.05, 0) is 0 Å². The number of hydrogen-bond acceptors (Lipinski definition) is 0. The minimum Gasteiger partial charge on any atom is -0.0928 e. The van der Waals surface area contributed by atoms with Crippen molar-refractivity contribution in [3.05, 3.63) is 0 Å². The van der Waals surface area contributed by atoms with Gasteiger partial charge in [-0.1, -0.05) is 44.3 Å². The molecule has 0 amide bonds. The molecular formula is C7H17Al. The fourth-order valence-electron chi connectivity index (χ4n) is 0.803. The minimum absolute atomic E-state index is 1.04. The zero-order chi connectivity index (χ0) is 6.41. The summed E-state index contributed by atoms with van der Waals surface area (Å²) in [5.41, 5.74) is 0. The lowest BCUT2D eigenvalue weighted by Crippen LogP contribution is -1.84.